The highest BCUT2D eigenvalue weighted by molar-refractivity contribution is 5.75. The lowest BCUT2D eigenvalue weighted by molar-refractivity contribution is -0.119. The summed E-state index contributed by atoms with van der Waals surface area (Å²) in [6, 6.07) is 8.24. The van der Waals surface area contributed by atoms with Gasteiger partial charge in [-0.25, -0.2) is 0 Å². The number of anilines is 1. The van der Waals surface area contributed by atoms with Crippen LogP contribution >= 0.6 is 0 Å². The average molecular weight is 276 g/mol. The number of carbonyl (C=O) groups excluding carboxylic acids is 1. The van der Waals surface area contributed by atoms with E-state index in [0.29, 0.717) is 17.7 Å². The molecule has 110 valence electrons. The largest absolute Gasteiger partial charge is 0.484 e. The van der Waals surface area contributed by atoms with Gasteiger partial charge in [0.2, 0.25) is 0 Å². The Bertz CT molecular complexity index is 444. The smallest absolute Gasteiger partial charge is 0.255 e. The van der Waals surface area contributed by atoms with E-state index in [4.69, 9.17) is 10.5 Å². The number of primary amides is 1. The number of rotatable bonds is 5. The van der Waals surface area contributed by atoms with Gasteiger partial charge in [0.1, 0.15) is 5.75 Å². The fourth-order valence-electron chi connectivity index (χ4n) is 2.80. The molecule has 1 aromatic carbocycles. The summed E-state index contributed by atoms with van der Waals surface area (Å²) in [6.07, 6.45) is 3.85. The molecule has 0 bridgehead atoms. The van der Waals surface area contributed by atoms with Crippen molar-refractivity contribution >= 4 is 11.6 Å². The number of hydrogen-bond acceptors (Lipinski definition) is 3. The van der Waals surface area contributed by atoms with Crippen LogP contribution in [0.25, 0.3) is 0 Å². The third kappa shape index (κ3) is 3.89. The van der Waals surface area contributed by atoms with Crippen LogP contribution in [-0.4, -0.2) is 18.6 Å². The Morgan fingerprint density at radius 2 is 2.00 bits per heavy atom. The zero-order chi connectivity index (χ0) is 14.5. The van der Waals surface area contributed by atoms with Crippen LogP contribution in [0.2, 0.25) is 0 Å². The summed E-state index contributed by atoms with van der Waals surface area (Å²) in [4.78, 5) is 10.7. The van der Waals surface area contributed by atoms with Gasteiger partial charge in [-0.05, 0) is 42.5 Å². The third-order valence-electron chi connectivity index (χ3n) is 4.29. The minimum absolute atomic E-state index is 0.0794. The molecule has 0 radical (unpaired) electrons. The molecule has 1 aliphatic rings. The van der Waals surface area contributed by atoms with Crippen LogP contribution in [0.4, 0.5) is 5.69 Å². The number of amides is 1. The Morgan fingerprint density at radius 3 is 2.65 bits per heavy atom. The highest BCUT2D eigenvalue weighted by Gasteiger charge is 2.26. The van der Waals surface area contributed by atoms with Gasteiger partial charge in [-0.2, -0.15) is 0 Å². The Hall–Kier alpha value is -1.71. The molecular formula is C16H24N2O2. The van der Waals surface area contributed by atoms with Gasteiger partial charge in [-0.3, -0.25) is 4.79 Å². The van der Waals surface area contributed by atoms with Gasteiger partial charge in [-0.1, -0.05) is 26.7 Å². The number of nitrogens with one attached hydrogen (secondary N) is 1. The van der Waals surface area contributed by atoms with Crippen LogP contribution in [-0.2, 0) is 4.79 Å². The summed E-state index contributed by atoms with van der Waals surface area (Å²) in [6.45, 7) is 4.58. The minimum atomic E-state index is -0.461. The first-order valence-electron chi connectivity index (χ1n) is 7.34. The normalized spacial score (nSPS) is 26.0. The van der Waals surface area contributed by atoms with E-state index < -0.39 is 5.91 Å². The second kappa shape index (κ2) is 6.64. The van der Waals surface area contributed by atoms with Crippen LogP contribution in [0.1, 0.15) is 33.1 Å². The number of benzene rings is 1. The Morgan fingerprint density at radius 1 is 1.30 bits per heavy atom. The first-order valence-corrected chi connectivity index (χ1v) is 7.34. The summed E-state index contributed by atoms with van der Waals surface area (Å²) < 4.78 is 5.25. The molecule has 1 aliphatic carbocycles. The van der Waals surface area contributed by atoms with E-state index in [2.05, 4.69) is 19.2 Å². The van der Waals surface area contributed by atoms with Crippen LogP contribution in [0.15, 0.2) is 24.3 Å². The topological polar surface area (TPSA) is 64.3 Å². The predicted molar refractivity (Wildman–Crippen MR) is 80.7 cm³/mol. The summed E-state index contributed by atoms with van der Waals surface area (Å²) >= 11 is 0. The monoisotopic (exact) mass is 276 g/mol. The van der Waals surface area contributed by atoms with E-state index in [0.717, 1.165) is 11.6 Å². The van der Waals surface area contributed by atoms with Gasteiger partial charge >= 0.3 is 0 Å². The maximum atomic E-state index is 10.7. The molecule has 4 heteroatoms. The first-order chi connectivity index (χ1) is 9.56. The second-order valence-electron chi connectivity index (χ2n) is 5.80. The van der Waals surface area contributed by atoms with Crippen molar-refractivity contribution in [3.8, 4) is 5.75 Å². The molecule has 0 aromatic heterocycles. The van der Waals surface area contributed by atoms with E-state index in [1.54, 1.807) is 0 Å². The SMILES string of the molecule is CC1CCCC(Nc2ccc(OCC(N)=O)cc2)C1C. The lowest BCUT2D eigenvalue weighted by atomic mass is 9.78. The van der Waals surface area contributed by atoms with Crippen molar-refractivity contribution in [2.75, 3.05) is 11.9 Å². The zero-order valence-corrected chi connectivity index (χ0v) is 12.3. The highest BCUT2D eigenvalue weighted by Crippen LogP contribution is 2.31. The molecule has 0 aliphatic heterocycles. The second-order valence-corrected chi connectivity index (χ2v) is 5.80. The van der Waals surface area contributed by atoms with Gasteiger partial charge < -0.3 is 15.8 Å². The first kappa shape index (κ1) is 14.7. The van der Waals surface area contributed by atoms with E-state index in [-0.39, 0.29) is 6.61 Å². The molecule has 3 atom stereocenters. The molecule has 0 saturated heterocycles. The number of carbonyl (C=O) groups is 1. The molecule has 1 aromatic rings. The predicted octanol–water partition coefficient (Wildman–Crippen LogP) is 2.79. The minimum Gasteiger partial charge on any atom is -0.484 e. The number of ether oxygens (including phenoxy) is 1. The third-order valence-corrected chi connectivity index (χ3v) is 4.29. The highest BCUT2D eigenvalue weighted by atomic mass is 16.5. The molecule has 1 amide bonds. The van der Waals surface area contributed by atoms with Crippen LogP contribution in [0.3, 0.4) is 0 Å². The van der Waals surface area contributed by atoms with Gasteiger partial charge in [0, 0.05) is 11.7 Å². The average Bonchev–Trinajstić information content (AvgIpc) is 2.43. The van der Waals surface area contributed by atoms with Gasteiger partial charge in [0.25, 0.3) is 5.91 Å². The Kier molecular flexibility index (Phi) is 4.88. The molecule has 1 saturated carbocycles. The quantitative estimate of drug-likeness (QED) is 0.869. The Labute approximate surface area is 120 Å². The van der Waals surface area contributed by atoms with Gasteiger partial charge in [-0.15, -0.1) is 0 Å². The summed E-state index contributed by atoms with van der Waals surface area (Å²) in [5.74, 6) is 1.67. The molecule has 0 heterocycles. The molecule has 0 spiro atoms. The molecule has 1 fully saturated rings. The van der Waals surface area contributed by atoms with E-state index >= 15 is 0 Å². The number of hydrogen-bond donors (Lipinski definition) is 2. The van der Waals surface area contributed by atoms with Crippen molar-refractivity contribution < 1.29 is 9.53 Å². The van der Waals surface area contributed by atoms with Crippen molar-refractivity contribution in [1.82, 2.24) is 0 Å². The number of nitrogens with two attached hydrogens (primary N) is 1. The molecule has 3 unspecified atom stereocenters. The molecule has 20 heavy (non-hydrogen) atoms. The fourth-order valence-corrected chi connectivity index (χ4v) is 2.80. The van der Waals surface area contributed by atoms with Gasteiger partial charge in [0.15, 0.2) is 6.61 Å². The van der Waals surface area contributed by atoms with E-state index in [1.165, 1.54) is 19.3 Å². The maximum Gasteiger partial charge on any atom is 0.255 e. The zero-order valence-electron chi connectivity index (χ0n) is 12.3. The van der Waals surface area contributed by atoms with Crippen LogP contribution < -0.4 is 15.8 Å². The van der Waals surface area contributed by atoms with E-state index in [9.17, 15) is 4.79 Å². The lowest BCUT2D eigenvalue weighted by Gasteiger charge is -2.35. The van der Waals surface area contributed by atoms with Crippen molar-refractivity contribution in [2.24, 2.45) is 17.6 Å². The summed E-state index contributed by atoms with van der Waals surface area (Å²) in [5, 5.41) is 3.61. The lowest BCUT2D eigenvalue weighted by Crippen LogP contribution is -2.34. The van der Waals surface area contributed by atoms with Crippen molar-refractivity contribution in [1.29, 1.82) is 0 Å². The van der Waals surface area contributed by atoms with E-state index in [1.807, 2.05) is 24.3 Å². The summed E-state index contributed by atoms with van der Waals surface area (Å²) in [5.41, 5.74) is 6.15. The molecular weight excluding hydrogens is 252 g/mol. The molecule has 2 rings (SSSR count). The van der Waals surface area contributed by atoms with Crippen molar-refractivity contribution in [2.45, 2.75) is 39.2 Å². The summed E-state index contributed by atoms with van der Waals surface area (Å²) in [7, 11) is 0. The molecule has 4 nitrogen and oxygen atoms in total. The molecule has 3 N–H and O–H groups in total. The van der Waals surface area contributed by atoms with Gasteiger partial charge in [0.05, 0.1) is 0 Å². The Balaban J connectivity index is 1.91. The standard InChI is InChI=1S/C16H24N2O2/c1-11-4-3-5-15(12(11)2)18-13-6-8-14(9-7-13)20-10-16(17)19/h6-9,11-12,15,18H,3-5,10H2,1-2H3,(H2,17,19). The maximum absolute atomic E-state index is 10.7. The fraction of sp³-hybridized carbons (Fsp3) is 0.562. The van der Waals surface area contributed by atoms with Crippen molar-refractivity contribution in [3.05, 3.63) is 24.3 Å². The van der Waals surface area contributed by atoms with Crippen molar-refractivity contribution in [3.63, 3.8) is 0 Å². The van der Waals surface area contributed by atoms with Crippen LogP contribution in [0, 0.1) is 11.8 Å². The van der Waals surface area contributed by atoms with Crippen LogP contribution in [0.5, 0.6) is 5.75 Å².